The zero-order chi connectivity index (χ0) is 13.0. The molecule has 4 heteroatoms. The number of carbonyl (C=O) groups is 1. The number of nitrogens with one attached hydrogen (secondary N) is 1. The molecule has 0 radical (unpaired) electrons. The molecule has 0 fully saturated rings. The number of esters is 1. The van der Waals surface area contributed by atoms with Crippen LogP contribution in [0.15, 0.2) is 18.2 Å². The van der Waals surface area contributed by atoms with Gasteiger partial charge in [-0.1, -0.05) is 6.07 Å². The van der Waals surface area contributed by atoms with Crippen LogP contribution in [0.3, 0.4) is 0 Å². The Morgan fingerprint density at radius 3 is 3.11 bits per heavy atom. The molecular formula is C14H19NO3. The number of carbonyl (C=O) groups excluding carboxylic acids is 1. The second kappa shape index (κ2) is 5.87. The minimum Gasteiger partial charge on any atom is -0.457 e. The molecule has 1 aromatic rings. The second-order valence-corrected chi connectivity index (χ2v) is 4.42. The minimum atomic E-state index is -0.293. The summed E-state index contributed by atoms with van der Waals surface area (Å²) < 4.78 is 10.5. The first-order chi connectivity index (χ1) is 8.70. The van der Waals surface area contributed by atoms with Crippen LogP contribution in [0, 0.1) is 0 Å². The zero-order valence-corrected chi connectivity index (χ0v) is 10.9. The van der Waals surface area contributed by atoms with Crippen LogP contribution in [0.2, 0.25) is 0 Å². The van der Waals surface area contributed by atoms with E-state index in [2.05, 4.69) is 5.32 Å². The van der Waals surface area contributed by atoms with Gasteiger partial charge in [-0.3, -0.25) is 0 Å². The lowest BCUT2D eigenvalue weighted by Crippen LogP contribution is -2.20. The molecule has 1 unspecified atom stereocenters. The summed E-state index contributed by atoms with van der Waals surface area (Å²) in [5.74, 6) is -0.293. The van der Waals surface area contributed by atoms with Crippen molar-refractivity contribution < 1.29 is 14.3 Å². The Morgan fingerprint density at radius 1 is 1.50 bits per heavy atom. The van der Waals surface area contributed by atoms with Crippen molar-refractivity contribution in [1.29, 1.82) is 0 Å². The molecule has 0 saturated carbocycles. The molecule has 1 aliphatic rings. The smallest absolute Gasteiger partial charge is 0.338 e. The number of benzene rings is 1. The van der Waals surface area contributed by atoms with Crippen LogP contribution in [0.1, 0.15) is 29.8 Å². The third-order valence-electron chi connectivity index (χ3n) is 2.92. The summed E-state index contributed by atoms with van der Waals surface area (Å²) in [6.07, 6.45) is 0.796. The van der Waals surface area contributed by atoms with E-state index in [1.54, 1.807) is 0 Å². The monoisotopic (exact) mass is 249 g/mol. The first-order valence-electron chi connectivity index (χ1n) is 6.36. The molecule has 0 bridgehead atoms. The fourth-order valence-electron chi connectivity index (χ4n) is 1.99. The highest BCUT2D eigenvalue weighted by Crippen LogP contribution is 2.23. The molecule has 0 spiro atoms. The Labute approximate surface area is 107 Å². The Kier molecular flexibility index (Phi) is 4.20. The van der Waals surface area contributed by atoms with E-state index in [1.807, 2.05) is 32.0 Å². The van der Waals surface area contributed by atoms with E-state index < -0.39 is 0 Å². The predicted octanol–water partition coefficient (Wildman–Crippen LogP) is 2.24. The van der Waals surface area contributed by atoms with Gasteiger partial charge in [0.25, 0.3) is 0 Å². The zero-order valence-electron chi connectivity index (χ0n) is 10.9. The maximum absolute atomic E-state index is 11.9. The Hall–Kier alpha value is -1.55. The number of anilines is 1. The molecule has 0 aliphatic carbocycles. The molecule has 1 N–H and O–H groups in total. The topological polar surface area (TPSA) is 47.6 Å². The minimum absolute atomic E-state index is 0.223. The molecule has 2 rings (SSSR count). The molecule has 98 valence electrons. The lowest BCUT2D eigenvalue weighted by Gasteiger charge is -2.13. The maximum atomic E-state index is 11.9. The van der Waals surface area contributed by atoms with E-state index in [4.69, 9.17) is 9.47 Å². The van der Waals surface area contributed by atoms with E-state index in [9.17, 15) is 4.79 Å². The normalized spacial score (nSPS) is 14.8. The average Bonchev–Trinajstić information content (AvgIpc) is 2.83. The van der Waals surface area contributed by atoms with Gasteiger partial charge in [0.1, 0.15) is 6.10 Å². The average molecular weight is 249 g/mol. The summed E-state index contributed by atoms with van der Waals surface area (Å²) >= 11 is 0. The van der Waals surface area contributed by atoms with Gasteiger partial charge in [0.15, 0.2) is 0 Å². The molecule has 4 nitrogen and oxygen atoms in total. The Balaban J connectivity index is 1.96. The van der Waals surface area contributed by atoms with Crippen molar-refractivity contribution in [2.24, 2.45) is 0 Å². The van der Waals surface area contributed by atoms with E-state index in [0.717, 1.165) is 18.7 Å². The van der Waals surface area contributed by atoms with Crippen LogP contribution in [0.5, 0.6) is 0 Å². The van der Waals surface area contributed by atoms with Crippen molar-refractivity contribution in [2.75, 3.05) is 25.1 Å². The molecule has 18 heavy (non-hydrogen) atoms. The first-order valence-corrected chi connectivity index (χ1v) is 6.36. The fourth-order valence-corrected chi connectivity index (χ4v) is 1.99. The lowest BCUT2D eigenvalue weighted by atomic mass is 10.1. The Bertz CT molecular complexity index is 431. The third kappa shape index (κ3) is 3.01. The number of rotatable bonds is 5. The van der Waals surface area contributed by atoms with Crippen LogP contribution < -0.4 is 5.32 Å². The van der Waals surface area contributed by atoms with Gasteiger partial charge in [0.2, 0.25) is 0 Å². The maximum Gasteiger partial charge on any atom is 0.338 e. The molecule has 0 amide bonds. The van der Waals surface area contributed by atoms with E-state index in [-0.39, 0.29) is 12.1 Å². The van der Waals surface area contributed by atoms with Gasteiger partial charge in [-0.05, 0) is 38.0 Å². The van der Waals surface area contributed by atoms with Crippen molar-refractivity contribution in [3.05, 3.63) is 29.3 Å². The Morgan fingerprint density at radius 2 is 2.33 bits per heavy atom. The molecular weight excluding hydrogens is 230 g/mol. The van der Waals surface area contributed by atoms with Crippen LogP contribution in [-0.4, -0.2) is 31.8 Å². The van der Waals surface area contributed by atoms with Crippen LogP contribution >= 0.6 is 0 Å². The first kappa shape index (κ1) is 12.9. The highest BCUT2D eigenvalue weighted by molar-refractivity contribution is 5.91. The number of hydrogen-bond donors (Lipinski definition) is 1. The van der Waals surface area contributed by atoms with Gasteiger partial charge in [0.05, 0.1) is 12.2 Å². The van der Waals surface area contributed by atoms with E-state index in [0.29, 0.717) is 18.8 Å². The van der Waals surface area contributed by atoms with Crippen molar-refractivity contribution in [3.63, 3.8) is 0 Å². The van der Waals surface area contributed by atoms with Gasteiger partial charge in [-0.15, -0.1) is 0 Å². The second-order valence-electron chi connectivity index (χ2n) is 4.42. The van der Waals surface area contributed by atoms with Crippen LogP contribution in [0.4, 0.5) is 5.69 Å². The van der Waals surface area contributed by atoms with Gasteiger partial charge < -0.3 is 14.8 Å². The molecule has 1 atom stereocenters. The summed E-state index contributed by atoms with van der Waals surface area (Å²) in [6.45, 7) is 5.75. The number of fused-ring (bicyclic) bond motifs is 1. The summed E-state index contributed by atoms with van der Waals surface area (Å²) in [5.41, 5.74) is 2.89. The standard InChI is InChI=1S/C14H19NO3/c1-3-17-9-10(2)18-14(16)12-5-4-11-6-7-15-13(11)8-12/h4-5,8,10,15H,3,6-7,9H2,1-2H3. The summed E-state index contributed by atoms with van der Waals surface area (Å²) in [5, 5.41) is 3.25. The van der Waals surface area contributed by atoms with Crippen molar-refractivity contribution in [2.45, 2.75) is 26.4 Å². The quantitative estimate of drug-likeness (QED) is 0.813. The summed E-state index contributed by atoms with van der Waals surface area (Å²) in [7, 11) is 0. The number of hydrogen-bond acceptors (Lipinski definition) is 4. The van der Waals surface area contributed by atoms with E-state index in [1.165, 1.54) is 5.56 Å². The molecule has 1 heterocycles. The molecule has 0 aromatic heterocycles. The van der Waals surface area contributed by atoms with Gasteiger partial charge in [0, 0.05) is 18.8 Å². The van der Waals surface area contributed by atoms with Gasteiger partial charge >= 0.3 is 5.97 Å². The highest BCUT2D eigenvalue weighted by Gasteiger charge is 2.16. The third-order valence-corrected chi connectivity index (χ3v) is 2.92. The van der Waals surface area contributed by atoms with Crippen molar-refractivity contribution in [3.8, 4) is 0 Å². The van der Waals surface area contributed by atoms with E-state index >= 15 is 0 Å². The number of ether oxygens (including phenoxy) is 2. The summed E-state index contributed by atoms with van der Waals surface area (Å²) in [4.78, 5) is 11.9. The summed E-state index contributed by atoms with van der Waals surface area (Å²) in [6, 6.07) is 5.67. The largest absolute Gasteiger partial charge is 0.457 e. The molecule has 0 saturated heterocycles. The van der Waals surface area contributed by atoms with Gasteiger partial charge in [-0.2, -0.15) is 0 Å². The highest BCUT2D eigenvalue weighted by atomic mass is 16.6. The fraction of sp³-hybridized carbons (Fsp3) is 0.500. The van der Waals surface area contributed by atoms with Crippen LogP contribution in [-0.2, 0) is 15.9 Å². The van der Waals surface area contributed by atoms with Crippen molar-refractivity contribution >= 4 is 11.7 Å². The van der Waals surface area contributed by atoms with Crippen LogP contribution in [0.25, 0.3) is 0 Å². The lowest BCUT2D eigenvalue weighted by molar-refractivity contribution is 0.00440. The molecule has 1 aliphatic heterocycles. The SMILES string of the molecule is CCOCC(C)OC(=O)c1ccc2c(c1)NCC2. The predicted molar refractivity (Wildman–Crippen MR) is 70.0 cm³/mol. The van der Waals surface area contributed by atoms with Crippen molar-refractivity contribution in [1.82, 2.24) is 0 Å². The molecule has 1 aromatic carbocycles. The van der Waals surface area contributed by atoms with Gasteiger partial charge in [-0.25, -0.2) is 4.79 Å².